The maximum Gasteiger partial charge on any atom is 0.193 e. The molecule has 3 N–H and O–H groups in total. The Kier molecular flexibility index (Phi) is 4.89. The molecule has 0 unspecified atom stereocenters. The summed E-state index contributed by atoms with van der Waals surface area (Å²) >= 11 is 6.03. The molecule has 0 bridgehead atoms. The Morgan fingerprint density at radius 3 is 2.26 bits per heavy atom. The molecule has 5 nitrogen and oxygen atoms in total. The highest BCUT2D eigenvalue weighted by molar-refractivity contribution is 6.32. The molecule has 0 aliphatic rings. The number of hydrogen-bond acceptors (Lipinski definition) is 3. The van der Waals surface area contributed by atoms with E-state index in [2.05, 4.69) is 10.3 Å². The van der Waals surface area contributed by atoms with Crippen molar-refractivity contribution in [3.8, 4) is 11.5 Å². The van der Waals surface area contributed by atoms with Gasteiger partial charge in [-0.05, 0) is 20.8 Å². The van der Waals surface area contributed by atoms with E-state index in [9.17, 15) is 0 Å². The van der Waals surface area contributed by atoms with E-state index in [0.717, 1.165) is 0 Å². The Balaban J connectivity index is 3.09. The Morgan fingerprint density at radius 2 is 1.79 bits per heavy atom. The van der Waals surface area contributed by atoms with E-state index in [4.69, 9.17) is 26.8 Å². The van der Waals surface area contributed by atoms with Gasteiger partial charge in [-0.15, -0.1) is 0 Å². The predicted molar refractivity (Wildman–Crippen MR) is 79.6 cm³/mol. The largest absolute Gasteiger partial charge is 0.495 e. The SMILES string of the molecule is COc1cc(NC(N)=NC(C)(C)C)c(OC)cc1Cl. The minimum atomic E-state index is -0.263. The first-order chi connectivity index (χ1) is 8.76. The molecule has 106 valence electrons. The number of aliphatic imine (C=N–C) groups is 1. The second-order valence-corrected chi connectivity index (χ2v) is 5.39. The zero-order valence-corrected chi connectivity index (χ0v) is 12.6. The Bertz CT molecular complexity index is 482. The molecular weight excluding hydrogens is 266 g/mol. The molecule has 0 radical (unpaired) electrons. The molecule has 1 aromatic carbocycles. The highest BCUT2D eigenvalue weighted by atomic mass is 35.5. The average molecular weight is 286 g/mol. The summed E-state index contributed by atoms with van der Waals surface area (Å²) in [5, 5.41) is 3.45. The smallest absolute Gasteiger partial charge is 0.193 e. The molecular formula is C13H20ClN3O2. The number of benzene rings is 1. The van der Waals surface area contributed by atoms with E-state index in [1.165, 1.54) is 0 Å². The first kappa shape index (κ1) is 15.4. The molecule has 0 aromatic heterocycles. The quantitative estimate of drug-likeness (QED) is 0.662. The summed E-state index contributed by atoms with van der Waals surface area (Å²) in [5.74, 6) is 1.40. The Labute approximate surface area is 118 Å². The van der Waals surface area contributed by atoms with Crippen molar-refractivity contribution in [2.45, 2.75) is 26.3 Å². The van der Waals surface area contributed by atoms with Crippen LogP contribution in [-0.2, 0) is 0 Å². The van der Waals surface area contributed by atoms with Crippen LogP contribution in [0.4, 0.5) is 5.69 Å². The first-order valence-corrected chi connectivity index (χ1v) is 6.18. The number of nitrogens with two attached hydrogens (primary N) is 1. The van der Waals surface area contributed by atoms with Gasteiger partial charge in [0.05, 0.1) is 30.5 Å². The average Bonchev–Trinajstić information content (AvgIpc) is 2.28. The van der Waals surface area contributed by atoms with Crippen LogP contribution in [0.5, 0.6) is 11.5 Å². The third-order valence-electron chi connectivity index (χ3n) is 2.19. The fraction of sp³-hybridized carbons (Fsp3) is 0.462. The molecule has 0 atom stereocenters. The normalized spacial score (nSPS) is 12.2. The predicted octanol–water partition coefficient (Wildman–Crippen LogP) is 2.88. The van der Waals surface area contributed by atoms with Gasteiger partial charge in [0.2, 0.25) is 0 Å². The van der Waals surface area contributed by atoms with Crippen molar-refractivity contribution in [2.75, 3.05) is 19.5 Å². The summed E-state index contributed by atoms with van der Waals surface area (Å²) in [5.41, 5.74) is 6.24. The number of nitrogens with zero attached hydrogens (tertiary/aromatic N) is 1. The van der Waals surface area contributed by atoms with Crippen LogP contribution in [0.15, 0.2) is 17.1 Å². The first-order valence-electron chi connectivity index (χ1n) is 5.80. The minimum Gasteiger partial charge on any atom is -0.495 e. The van der Waals surface area contributed by atoms with Crippen LogP contribution >= 0.6 is 11.6 Å². The number of anilines is 1. The van der Waals surface area contributed by atoms with Gasteiger partial charge in [0.25, 0.3) is 0 Å². The standard InChI is InChI=1S/C13H20ClN3O2/c1-13(2,3)17-12(15)16-9-7-10(18-4)8(14)6-11(9)19-5/h6-7H,1-5H3,(H3,15,16,17). The fourth-order valence-electron chi connectivity index (χ4n) is 1.49. The molecule has 0 saturated heterocycles. The van der Waals surface area contributed by atoms with Crippen molar-refractivity contribution in [3.05, 3.63) is 17.2 Å². The molecule has 0 fully saturated rings. The lowest BCUT2D eigenvalue weighted by Crippen LogP contribution is -2.27. The molecule has 0 aliphatic carbocycles. The zero-order valence-electron chi connectivity index (χ0n) is 11.9. The second-order valence-electron chi connectivity index (χ2n) is 4.98. The maximum absolute atomic E-state index is 6.03. The van der Waals surface area contributed by atoms with Crippen LogP contribution in [-0.4, -0.2) is 25.7 Å². The summed E-state index contributed by atoms with van der Waals surface area (Å²) in [6.45, 7) is 5.88. The molecule has 0 spiro atoms. The number of nitrogens with one attached hydrogen (secondary N) is 1. The van der Waals surface area contributed by atoms with Crippen molar-refractivity contribution in [1.82, 2.24) is 0 Å². The van der Waals surface area contributed by atoms with E-state index in [0.29, 0.717) is 28.2 Å². The van der Waals surface area contributed by atoms with Gasteiger partial charge in [-0.2, -0.15) is 0 Å². The highest BCUT2D eigenvalue weighted by Crippen LogP contribution is 2.35. The molecule has 1 rings (SSSR count). The number of guanidine groups is 1. The van der Waals surface area contributed by atoms with Crippen LogP contribution in [0.2, 0.25) is 5.02 Å². The van der Waals surface area contributed by atoms with Crippen molar-refractivity contribution >= 4 is 23.2 Å². The molecule has 0 aliphatic heterocycles. The summed E-state index contributed by atoms with van der Waals surface area (Å²) in [7, 11) is 3.10. The van der Waals surface area contributed by atoms with Crippen LogP contribution < -0.4 is 20.5 Å². The minimum absolute atomic E-state index is 0.263. The van der Waals surface area contributed by atoms with Crippen molar-refractivity contribution < 1.29 is 9.47 Å². The van der Waals surface area contributed by atoms with Crippen LogP contribution in [0.25, 0.3) is 0 Å². The lowest BCUT2D eigenvalue weighted by atomic mass is 10.1. The van der Waals surface area contributed by atoms with E-state index < -0.39 is 0 Å². The van der Waals surface area contributed by atoms with Crippen LogP contribution in [0, 0.1) is 0 Å². The van der Waals surface area contributed by atoms with Crippen LogP contribution in [0.1, 0.15) is 20.8 Å². The molecule has 19 heavy (non-hydrogen) atoms. The number of methoxy groups -OCH3 is 2. The van der Waals surface area contributed by atoms with Crippen LogP contribution in [0.3, 0.4) is 0 Å². The molecule has 0 saturated carbocycles. The third kappa shape index (κ3) is 4.52. The van der Waals surface area contributed by atoms with E-state index in [1.807, 2.05) is 20.8 Å². The lowest BCUT2D eigenvalue weighted by Gasteiger charge is -2.17. The topological polar surface area (TPSA) is 68.9 Å². The summed E-state index contributed by atoms with van der Waals surface area (Å²) in [4.78, 5) is 4.31. The molecule has 0 heterocycles. The van der Waals surface area contributed by atoms with Gasteiger partial charge in [-0.25, -0.2) is 4.99 Å². The molecule has 0 amide bonds. The van der Waals surface area contributed by atoms with Crippen molar-refractivity contribution in [2.24, 2.45) is 10.7 Å². The van der Waals surface area contributed by atoms with E-state index >= 15 is 0 Å². The summed E-state index contributed by atoms with van der Waals surface area (Å²) < 4.78 is 10.4. The van der Waals surface area contributed by atoms with Gasteiger partial charge in [-0.1, -0.05) is 11.6 Å². The van der Waals surface area contributed by atoms with Gasteiger partial charge in [0.15, 0.2) is 5.96 Å². The van der Waals surface area contributed by atoms with Gasteiger partial charge in [-0.3, -0.25) is 0 Å². The number of halogens is 1. The molecule has 1 aromatic rings. The summed E-state index contributed by atoms with van der Waals surface area (Å²) in [6.07, 6.45) is 0. The fourth-order valence-corrected chi connectivity index (χ4v) is 1.72. The third-order valence-corrected chi connectivity index (χ3v) is 2.49. The van der Waals surface area contributed by atoms with Gasteiger partial charge < -0.3 is 20.5 Å². The van der Waals surface area contributed by atoms with Crippen molar-refractivity contribution in [3.63, 3.8) is 0 Å². The van der Waals surface area contributed by atoms with Gasteiger partial charge in [0, 0.05) is 12.1 Å². The zero-order chi connectivity index (χ0) is 14.6. The van der Waals surface area contributed by atoms with Gasteiger partial charge >= 0.3 is 0 Å². The second kappa shape index (κ2) is 6.02. The number of ether oxygens (including phenoxy) is 2. The van der Waals surface area contributed by atoms with E-state index in [1.54, 1.807) is 26.4 Å². The maximum atomic E-state index is 6.03. The number of hydrogen-bond donors (Lipinski definition) is 2. The monoisotopic (exact) mass is 285 g/mol. The molecule has 6 heteroatoms. The lowest BCUT2D eigenvalue weighted by molar-refractivity contribution is 0.405. The van der Waals surface area contributed by atoms with Crippen molar-refractivity contribution in [1.29, 1.82) is 0 Å². The summed E-state index contributed by atoms with van der Waals surface area (Å²) in [6, 6.07) is 3.37. The van der Waals surface area contributed by atoms with E-state index in [-0.39, 0.29) is 5.54 Å². The Morgan fingerprint density at radius 1 is 1.21 bits per heavy atom. The highest BCUT2D eigenvalue weighted by Gasteiger charge is 2.12. The van der Waals surface area contributed by atoms with Gasteiger partial charge in [0.1, 0.15) is 11.5 Å². The Hall–Kier alpha value is -1.62. The number of rotatable bonds is 3.